The van der Waals surface area contributed by atoms with Crippen molar-refractivity contribution in [3.63, 3.8) is 0 Å². The monoisotopic (exact) mass is 329 g/mol. The van der Waals surface area contributed by atoms with Gasteiger partial charge in [0.25, 0.3) is 0 Å². The maximum Gasteiger partial charge on any atom is 0.162 e. The molecule has 0 radical (unpaired) electrons. The molecule has 0 spiro atoms. The van der Waals surface area contributed by atoms with Crippen LogP contribution in [0.4, 0.5) is 4.39 Å². The number of phenolic OH excluding ortho intramolecular Hbond substituents is 1. The molecule has 0 amide bonds. The molecule has 0 atom stereocenters. The molecule has 21 heavy (non-hydrogen) atoms. The molecule has 0 aliphatic rings. The van der Waals surface area contributed by atoms with Crippen molar-refractivity contribution < 1.29 is 14.2 Å². The van der Waals surface area contributed by atoms with Gasteiger partial charge in [-0.15, -0.1) is 0 Å². The van der Waals surface area contributed by atoms with E-state index in [0.717, 1.165) is 5.56 Å². The normalized spacial score (nSPS) is 10.7. The highest BCUT2D eigenvalue weighted by molar-refractivity contribution is 6.31. The minimum absolute atomic E-state index is 0.0477. The molecule has 2 rings (SSSR count). The number of nitrogens with one attached hydrogen (secondary N) is 1. The van der Waals surface area contributed by atoms with Gasteiger partial charge in [-0.25, -0.2) is 4.39 Å². The smallest absolute Gasteiger partial charge is 0.162 e. The van der Waals surface area contributed by atoms with Crippen molar-refractivity contribution in [1.29, 1.82) is 0 Å². The molecule has 0 aliphatic heterocycles. The SMILES string of the molecule is COc1cc(Cl)cc(CNCc2ccc(F)c(Cl)c2)c1O. The van der Waals surface area contributed by atoms with Crippen LogP contribution in [-0.2, 0) is 13.1 Å². The Labute approximate surface area is 132 Å². The number of aromatic hydroxyl groups is 1. The van der Waals surface area contributed by atoms with Gasteiger partial charge in [0.1, 0.15) is 5.82 Å². The summed E-state index contributed by atoms with van der Waals surface area (Å²) in [5.41, 5.74) is 1.46. The lowest BCUT2D eigenvalue weighted by atomic mass is 10.1. The first-order chi connectivity index (χ1) is 10.0. The summed E-state index contributed by atoms with van der Waals surface area (Å²) in [7, 11) is 1.46. The molecule has 2 N–H and O–H groups in total. The standard InChI is InChI=1S/C15H14Cl2FNO2/c1-21-14-6-11(16)5-10(15(14)20)8-19-7-9-2-3-13(18)12(17)4-9/h2-6,19-20H,7-8H2,1H3. The van der Waals surface area contributed by atoms with Crippen molar-refractivity contribution >= 4 is 23.2 Å². The minimum atomic E-state index is -0.447. The topological polar surface area (TPSA) is 41.5 Å². The van der Waals surface area contributed by atoms with E-state index in [-0.39, 0.29) is 10.8 Å². The number of hydrogen-bond acceptors (Lipinski definition) is 3. The van der Waals surface area contributed by atoms with Gasteiger partial charge in [0.05, 0.1) is 12.1 Å². The minimum Gasteiger partial charge on any atom is -0.504 e. The summed E-state index contributed by atoms with van der Waals surface area (Å²) in [5, 5.41) is 13.7. The van der Waals surface area contributed by atoms with E-state index < -0.39 is 5.82 Å². The second-order valence-electron chi connectivity index (χ2n) is 4.47. The summed E-state index contributed by atoms with van der Waals surface area (Å²) in [6.07, 6.45) is 0. The number of ether oxygens (including phenoxy) is 1. The maximum atomic E-state index is 13.1. The molecule has 2 aromatic carbocycles. The van der Waals surface area contributed by atoms with E-state index in [9.17, 15) is 9.50 Å². The van der Waals surface area contributed by atoms with Crippen LogP contribution in [0.5, 0.6) is 11.5 Å². The van der Waals surface area contributed by atoms with Gasteiger partial charge in [-0.05, 0) is 23.8 Å². The van der Waals surface area contributed by atoms with Crippen LogP contribution < -0.4 is 10.1 Å². The van der Waals surface area contributed by atoms with Crippen LogP contribution in [-0.4, -0.2) is 12.2 Å². The van der Waals surface area contributed by atoms with E-state index in [2.05, 4.69) is 5.32 Å². The highest BCUT2D eigenvalue weighted by atomic mass is 35.5. The van der Waals surface area contributed by atoms with E-state index in [4.69, 9.17) is 27.9 Å². The molecule has 0 heterocycles. The summed E-state index contributed by atoms with van der Waals surface area (Å²) in [4.78, 5) is 0. The van der Waals surface area contributed by atoms with Crippen LogP contribution in [0.3, 0.4) is 0 Å². The Morgan fingerprint density at radius 3 is 2.62 bits per heavy atom. The molecule has 112 valence electrons. The van der Waals surface area contributed by atoms with E-state index in [0.29, 0.717) is 29.4 Å². The zero-order chi connectivity index (χ0) is 15.4. The molecule has 0 unspecified atom stereocenters. The predicted octanol–water partition coefficient (Wildman–Crippen LogP) is 4.14. The zero-order valence-corrected chi connectivity index (χ0v) is 12.8. The largest absolute Gasteiger partial charge is 0.504 e. The molecule has 0 fully saturated rings. The Kier molecular flexibility index (Phi) is 5.28. The Morgan fingerprint density at radius 1 is 1.19 bits per heavy atom. The van der Waals surface area contributed by atoms with Crippen LogP contribution in [0.1, 0.15) is 11.1 Å². The van der Waals surface area contributed by atoms with Gasteiger partial charge in [0.15, 0.2) is 11.5 Å². The number of rotatable bonds is 5. The fourth-order valence-corrected chi connectivity index (χ4v) is 2.34. The van der Waals surface area contributed by atoms with Gasteiger partial charge in [-0.3, -0.25) is 0 Å². The third-order valence-corrected chi connectivity index (χ3v) is 3.48. The lowest BCUT2D eigenvalue weighted by molar-refractivity contribution is 0.369. The molecule has 6 heteroatoms. The summed E-state index contributed by atoms with van der Waals surface area (Å²) in [5.74, 6) is -0.0756. The van der Waals surface area contributed by atoms with Crippen LogP contribution in [0.25, 0.3) is 0 Å². The highest BCUT2D eigenvalue weighted by Crippen LogP contribution is 2.33. The van der Waals surface area contributed by atoms with E-state index in [1.165, 1.54) is 13.2 Å². The number of halogens is 3. The second-order valence-corrected chi connectivity index (χ2v) is 5.31. The highest BCUT2D eigenvalue weighted by Gasteiger charge is 2.10. The van der Waals surface area contributed by atoms with Crippen LogP contribution in [0.15, 0.2) is 30.3 Å². The average molecular weight is 330 g/mol. The number of benzene rings is 2. The van der Waals surface area contributed by atoms with Gasteiger partial charge in [0, 0.05) is 29.7 Å². The molecular formula is C15H14Cl2FNO2. The van der Waals surface area contributed by atoms with Crippen molar-refractivity contribution in [2.45, 2.75) is 13.1 Å². The molecule has 2 aromatic rings. The van der Waals surface area contributed by atoms with Crippen LogP contribution >= 0.6 is 23.2 Å². The van der Waals surface area contributed by atoms with Gasteiger partial charge in [-0.1, -0.05) is 29.3 Å². The summed E-state index contributed by atoms with van der Waals surface area (Å²) in [6, 6.07) is 7.72. The molecule has 0 aliphatic carbocycles. The molecule has 3 nitrogen and oxygen atoms in total. The lowest BCUT2D eigenvalue weighted by Crippen LogP contribution is -2.13. The first-order valence-electron chi connectivity index (χ1n) is 6.21. The fourth-order valence-electron chi connectivity index (χ4n) is 1.91. The van der Waals surface area contributed by atoms with E-state index >= 15 is 0 Å². The summed E-state index contributed by atoms with van der Waals surface area (Å²) in [6.45, 7) is 0.867. The maximum absolute atomic E-state index is 13.1. The molecule has 0 aromatic heterocycles. The van der Waals surface area contributed by atoms with Crippen molar-refractivity contribution in [3.05, 3.63) is 57.3 Å². The average Bonchev–Trinajstić information content (AvgIpc) is 2.46. The quantitative estimate of drug-likeness (QED) is 0.866. The van der Waals surface area contributed by atoms with Gasteiger partial charge < -0.3 is 15.2 Å². The van der Waals surface area contributed by atoms with Crippen molar-refractivity contribution in [1.82, 2.24) is 5.32 Å². The zero-order valence-electron chi connectivity index (χ0n) is 11.3. The molecular weight excluding hydrogens is 316 g/mol. The first kappa shape index (κ1) is 15.9. The number of phenols is 1. The Morgan fingerprint density at radius 2 is 1.95 bits per heavy atom. The Hall–Kier alpha value is -1.49. The third kappa shape index (κ3) is 4.00. The van der Waals surface area contributed by atoms with Crippen molar-refractivity contribution in [2.75, 3.05) is 7.11 Å². The number of hydrogen-bond donors (Lipinski definition) is 2. The first-order valence-corrected chi connectivity index (χ1v) is 6.97. The lowest BCUT2D eigenvalue weighted by Gasteiger charge is -2.11. The van der Waals surface area contributed by atoms with Crippen molar-refractivity contribution in [2.24, 2.45) is 0 Å². The summed E-state index contributed by atoms with van der Waals surface area (Å²) < 4.78 is 18.1. The van der Waals surface area contributed by atoms with Crippen LogP contribution in [0.2, 0.25) is 10.0 Å². The third-order valence-electron chi connectivity index (χ3n) is 2.97. The van der Waals surface area contributed by atoms with Crippen molar-refractivity contribution in [3.8, 4) is 11.5 Å². The molecule has 0 saturated heterocycles. The predicted molar refractivity (Wildman–Crippen MR) is 81.6 cm³/mol. The fraction of sp³-hybridized carbons (Fsp3) is 0.200. The Bertz CT molecular complexity index is 650. The molecule has 0 saturated carbocycles. The number of methoxy groups -OCH3 is 1. The van der Waals surface area contributed by atoms with Gasteiger partial charge in [0.2, 0.25) is 0 Å². The summed E-state index contributed by atoms with van der Waals surface area (Å²) >= 11 is 11.7. The van der Waals surface area contributed by atoms with E-state index in [1.54, 1.807) is 24.3 Å². The van der Waals surface area contributed by atoms with E-state index in [1.807, 2.05) is 0 Å². The molecule has 0 bridgehead atoms. The second kappa shape index (κ2) is 6.98. The van der Waals surface area contributed by atoms with Gasteiger partial charge >= 0.3 is 0 Å². The Balaban J connectivity index is 2.03. The van der Waals surface area contributed by atoms with Gasteiger partial charge in [-0.2, -0.15) is 0 Å². The van der Waals surface area contributed by atoms with Crippen LogP contribution in [0, 0.1) is 5.82 Å².